The van der Waals surface area contributed by atoms with Crippen LogP contribution in [0.4, 0.5) is 0 Å². The van der Waals surface area contributed by atoms with Gasteiger partial charge in [-0.05, 0) is 86.4 Å². The first-order valence-electron chi connectivity index (χ1n) is 13.2. The van der Waals surface area contributed by atoms with E-state index in [1.165, 1.54) is 12.8 Å². The molecule has 182 valence electrons. The SMILES string of the molecule is CCOC[C@@H]1CC[C@]2(C)C(CCC3[C@@]4(C)CCC(OC(C)=O)C(C)(C)C4CC[C@]32C)C1=O. The first kappa shape index (κ1) is 24.2. The van der Waals surface area contributed by atoms with Gasteiger partial charge in [0.05, 0.1) is 6.61 Å². The standard InChI is InChI=1S/C28H46O4/c1-8-31-17-19-11-15-27(6)20(24(19)30)9-10-22-26(5)14-13-23(32-18(2)29)25(3,4)21(26)12-16-28(22,27)7/h19-23H,8-17H2,1-7H3/t19-,20?,21?,22?,23?,26-,27+,28+/m0/s1. The van der Waals surface area contributed by atoms with Crippen LogP contribution in [0.3, 0.4) is 0 Å². The maximum atomic E-state index is 13.6. The number of ketones is 1. The Labute approximate surface area is 195 Å². The normalized spacial score (nSPS) is 47.7. The van der Waals surface area contributed by atoms with Gasteiger partial charge in [0.25, 0.3) is 0 Å². The summed E-state index contributed by atoms with van der Waals surface area (Å²) in [6, 6.07) is 0. The molecule has 0 saturated heterocycles. The summed E-state index contributed by atoms with van der Waals surface area (Å²) in [5, 5.41) is 0. The molecular formula is C28H46O4. The predicted molar refractivity (Wildman–Crippen MR) is 126 cm³/mol. The summed E-state index contributed by atoms with van der Waals surface area (Å²) >= 11 is 0. The number of rotatable bonds is 4. The summed E-state index contributed by atoms with van der Waals surface area (Å²) in [5.74, 6) is 1.80. The fourth-order valence-corrected chi connectivity index (χ4v) is 9.56. The zero-order chi connectivity index (χ0) is 23.5. The maximum Gasteiger partial charge on any atom is 0.302 e. The van der Waals surface area contributed by atoms with Crippen LogP contribution in [-0.2, 0) is 19.1 Å². The topological polar surface area (TPSA) is 52.6 Å². The summed E-state index contributed by atoms with van der Waals surface area (Å²) in [7, 11) is 0. The van der Waals surface area contributed by atoms with E-state index in [1.807, 2.05) is 6.92 Å². The first-order valence-corrected chi connectivity index (χ1v) is 13.2. The molecule has 0 aromatic rings. The molecule has 0 spiro atoms. The Morgan fingerprint density at radius 2 is 1.59 bits per heavy atom. The summed E-state index contributed by atoms with van der Waals surface area (Å²) in [6.07, 6.45) is 8.78. The summed E-state index contributed by atoms with van der Waals surface area (Å²) < 4.78 is 11.5. The van der Waals surface area contributed by atoms with Gasteiger partial charge in [0.2, 0.25) is 0 Å². The highest BCUT2D eigenvalue weighted by Crippen LogP contribution is 2.73. The summed E-state index contributed by atoms with van der Waals surface area (Å²) in [6.45, 7) is 17.1. The minimum Gasteiger partial charge on any atom is -0.462 e. The van der Waals surface area contributed by atoms with Crippen molar-refractivity contribution < 1.29 is 19.1 Å². The van der Waals surface area contributed by atoms with Crippen LogP contribution in [0.1, 0.15) is 99.8 Å². The Morgan fingerprint density at radius 3 is 2.25 bits per heavy atom. The minimum absolute atomic E-state index is 0.0112. The number of carbonyl (C=O) groups excluding carboxylic acids is 2. The van der Waals surface area contributed by atoms with Crippen LogP contribution in [0.15, 0.2) is 0 Å². The van der Waals surface area contributed by atoms with Crippen molar-refractivity contribution in [3.8, 4) is 0 Å². The van der Waals surface area contributed by atoms with E-state index in [4.69, 9.17) is 9.47 Å². The molecule has 4 rings (SSSR count). The molecule has 0 aromatic heterocycles. The smallest absolute Gasteiger partial charge is 0.302 e. The molecule has 0 amide bonds. The average molecular weight is 447 g/mol. The van der Waals surface area contributed by atoms with Crippen molar-refractivity contribution in [2.45, 2.75) is 106 Å². The summed E-state index contributed by atoms with van der Waals surface area (Å²) in [4.78, 5) is 25.3. The quantitative estimate of drug-likeness (QED) is 0.482. The monoisotopic (exact) mass is 446 g/mol. The lowest BCUT2D eigenvalue weighted by Gasteiger charge is -2.71. The van der Waals surface area contributed by atoms with E-state index in [0.29, 0.717) is 30.8 Å². The Hall–Kier alpha value is -0.900. The number of hydrogen-bond acceptors (Lipinski definition) is 4. The van der Waals surface area contributed by atoms with Gasteiger partial charge in [-0.3, -0.25) is 9.59 Å². The van der Waals surface area contributed by atoms with Gasteiger partial charge in [0.15, 0.2) is 0 Å². The van der Waals surface area contributed by atoms with Crippen molar-refractivity contribution in [2.24, 2.45) is 45.3 Å². The highest BCUT2D eigenvalue weighted by molar-refractivity contribution is 5.85. The van der Waals surface area contributed by atoms with Gasteiger partial charge in [-0.15, -0.1) is 0 Å². The molecule has 8 atom stereocenters. The number of Topliss-reactive ketones (excluding diaryl/α,β-unsaturated/α-hetero) is 1. The third-order valence-electron chi connectivity index (χ3n) is 11.4. The van der Waals surface area contributed by atoms with E-state index in [-0.39, 0.29) is 45.6 Å². The van der Waals surface area contributed by atoms with Crippen molar-refractivity contribution in [1.82, 2.24) is 0 Å². The highest BCUT2D eigenvalue weighted by Gasteiger charge is 2.68. The molecule has 32 heavy (non-hydrogen) atoms. The third-order valence-corrected chi connectivity index (χ3v) is 11.4. The zero-order valence-corrected chi connectivity index (χ0v) is 21.6. The van der Waals surface area contributed by atoms with Crippen LogP contribution in [0, 0.1) is 45.3 Å². The van der Waals surface area contributed by atoms with Crippen molar-refractivity contribution in [3.05, 3.63) is 0 Å². The predicted octanol–water partition coefficient (Wildman–Crippen LogP) is 6.21. The second kappa shape index (κ2) is 8.10. The van der Waals surface area contributed by atoms with Crippen LogP contribution < -0.4 is 0 Å². The van der Waals surface area contributed by atoms with E-state index in [2.05, 4.69) is 34.6 Å². The lowest BCUT2D eigenvalue weighted by Crippen LogP contribution is -2.66. The number of fused-ring (bicyclic) bond motifs is 5. The van der Waals surface area contributed by atoms with Gasteiger partial charge in [0, 0.05) is 30.8 Å². The molecule has 4 aliphatic rings. The van der Waals surface area contributed by atoms with Crippen molar-refractivity contribution in [3.63, 3.8) is 0 Å². The van der Waals surface area contributed by atoms with Crippen LogP contribution >= 0.6 is 0 Å². The molecule has 0 aliphatic heterocycles. The first-order chi connectivity index (χ1) is 14.9. The fraction of sp³-hybridized carbons (Fsp3) is 0.929. The van der Waals surface area contributed by atoms with E-state index < -0.39 is 0 Å². The van der Waals surface area contributed by atoms with E-state index in [9.17, 15) is 9.59 Å². The average Bonchev–Trinajstić information content (AvgIpc) is 2.70. The molecule has 4 heteroatoms. The molecule has 0 N–H and O–H groups in total. The molecule has 4 unspecified atom stereocenters. The molecule has 0 radical (unpaired) electrons. The number of ether oxygens (including phenoxy) is 2. The van der Waals surface area contributed by atoms with Crippen molar-refractivity contribution in [1.29, 1.82) is 0 Å². The molecule has 4 saturated carbocycles. The summed E-state index contributed by atoms with van der Waals surface area (Å²) in [5.41, 5.74) is 0.507. The van der Waals surface area contributed by atoms with E-state index >= 15 is 0 Å². The second-order valence-corrected chi connectivity index (χ2v) is 12.9. The lowest BCUT2D eigenvalue weighted by atomic mass is 9.34. The lowest BCUT2D eigenvalue weighted by molar-refractivity contribution is -0.234. The number of carbonyl (C=O) groups is 2. The molecule has 0 heterocycles. The molecule has 0 aromatic carbocycles. The Bertz CT molecular complexity index is 759. The van der Waals surface area contributed by atoms with Crippen molar-refractivity contribution >= 4 is 11.8 Å². The minimum atomic E-state index is -0.150. The van der Waals surface area contributed by atoms with Gasteiger partial charge >= 0.3 is 5.97 Å². The Morgan fingerprint density at radius 1 is 0.906 bits per heavy atom. The maximum absolute atomic E-state index is 13.6. The number of hydrogen-bond donors (Lipinski definition) is 0. The third kappa shape index (κ3) is 3.33. The van der Waals surface area contributed by atoms with Crippen LogP contribution in [0.2, 0.25) is 0 Å². The van der Waals surface area contributed by atoms with Gasteiger partial charge in [-0.2, -0.15) is 0 Å². The Balaban J connectivity index is 1.63. The van der Waals surface area contributed by atoms with Gasteiger partial charge in [-0.1, -0.05) is 34.6 Å². The second-order valence-electron chi connectivity index (χ2n) is 12.9. The van der Waals surface area contributed by atoms with Gasteiger partial charge in [0.1, 0.15) is 11.9 Å². The largest absolute Gasteiger partial charge is 0.462 e. The van der Waals surface area contributed by atoms with E-state index in [0.717, 1.165) is 38.5 Å². The zero-order valence-electron chi connectivity index (χ0n) is 21.6. The number of esters is 1. The van der Waals surface area contributed by atoms with Gasteiger partial charge in [-0.25, -0.2) is 0 Å². The molecule has 4 fully saturated rings. The van der Waals surface area contributed by atoms with Crippen LogP contribution in [0.5, 0.6) is 0 Å². The fourth-order valence-electron chi connectivity index (χ4n) is 9.56. The molecule has 0 bridgehead atoms. The van der Waals surface area contributed by atoms with Crippen LogP contribution in [-0.4, -0.2) is 31.1 Å². The highest BCUT2D eigenvalue weighted by atomic mass is 16.5. The Kier molecular flexibility index (Phi) is 6.13. The molecule has 4 nitrogen and oxygen atoms in total. The van der Waals surface area contributed by atoms with Crippen molar-refractivity contribution in [2.75, 3.05) is 13.2 Å². The molecule has 4 aliphatic carbocycles. The molecular weight excluding hydrogens is 400 g/mol. The van der Waals surface area contributed by atoms with E-state index in [1.54, 1.807) is 6.92 Å². The van der Waals surface area contributed by atoms with Gasteiger partial charge < -0.3 is 9.47 Å². The van der Waals surface area contributed by atoms with Crippen LogP contribution in [0.25, 0.3) is 0 Å².